The van der Waals surface area contributed by atoms with Crippen molar-refractivity contribution < 1.29 is 47.8 Å². The number of anilines is 2. The molecule has 73 heavy (non-hydrogen) atoms. The first-order chi connectivity index (χ1) is 35.2. The molecule has 4 heterocycles. The van der Waals surface area contributed by atoms with Crippen molar-refractivity contribution in [1.29, 1.82) is 5.41 Å². The molecule has 18 nitrogen and oxygen atoms in total. The van der Waals surface area contributed by atoms with Gasteiger partial charge in [-0.05, 0) is 106 Å². The standard InChI is InChI=1S/C55H68N8O10/c1-35(2)59-45-32-40(31-43(44(45)33-56)47(64)13-11-41-37(4)29-36(3)30-48(41)65)39-10-14-49(58-34-39)62-21-19-61(20-22-62)18-17-57-50(66)16-24-72-26-28-73-27-25-71-23-6-8-38-7-5-9-42-52(38)55(70)63(54(42)69)46-12-15-51(67)60-53(46)68/h5,7,9-10,14,29,31-35,46,56,59H,6,8,11-13,15-28,30H2,1-4H3,(H,57,66)(H,60,67,68). The minimum absolute atomic E-state index is 0.0663. The van der Waals surface area contributed by atoms with Gasteiger partial charge >= 0.3 is 0 Å². The van der Waals surface area contributed by atoms with Crippen LogP contribution in [0.15, 0.2) is 71.5 Å². The van der Waals surface area contributed by atoms with Crippen LogP contribution in [0.1, 0.15) is 115 Å². The molecule has 3 aliphatic heterocycles. The minimum Gasteiger partial charge on any atom is -0.382 e. The van der Waals surface area contributed by atoms with Crippen LogP contribution in [0, 0.1) is 5.41 Å². The molecule has 0 saturated carbocycles. The van der Waals surface area contributed by atoms with Crippen LogP contribution in [-0.4, -0.2) is 153 Å². The molecule has 1 atom stereocenters. The number of rotatable bonds is 26. The molecule has 2 aromatic carbocycles. The third-order valence-corrected chi connectivity index (χ3v) is 13.4. The monoisotopic (exact) mass is 1000 g/mol. The summed E-state index contributed by atoms with van der Waals surface area (Å²) in [4.78, 5) is 99.7. The van der Waals surface area contributed by atoms with Crippen molar-refractivity contribution in [3.05, 3.63) is 99.3 Å². The second-order valence-electron chi connectivity index (χ2n) is 19.2. The van der Waals surface area contributed by atoms with E-state index in [1.54, 1.807) is 18.2 Å². The van der Waals surface area contributed by atoms with Gasteiger partial charge in [0.25, 0.3) is 11.8 Å². The number of carbonyl (C=O) groups excluding carboxylic acids is 7. The van der Waals surface area contributed by atoms with Gasteiger partial charge in [-0.2, -0.15) is 0 Å². The predicted molar refractivity (Wildman–Crippen MR) is 276 cm³/mol. The fraction of sp³-hybridized carbons (Fsp3) is 0.473. The second kappa shape index (κ2) is 25.8. The number of piperazine rings is 1. The molecule has 2 saturated heterocycles. The number of ether oxygens (including phenoxy) is 3. The van der Waals surface area contributed by atoms with Crippen LogP contribution in [0.3, 0.4) is 0 Å². The molecule has 4 aliphatic rings. The maximum absolute atomic E-state index is 13.8. The van der Waals surface area contributed by atoms with Gasteiger partial charge in [0, 0.05) is 112 Å². The van der Waals surface area contributed by atoms with Crippen molar-refractivity contribution in [2.45, 2.75) is 91.1 Å². The Morgan fingerprint density at radius 1 is 0.877 bits per heavy atom. The highest BCUT2D eigenvalue weighted by molar-refractivity contribution is 6.24. The Bertz CT molecular complexity index is 2640. The number of hydrogen-bond acceptors (Lipinski definition) is 15. The Kier molecular flexibility index (Phi) is 19.1. The van der Waals surface area contributed by atoms with Crippen molar-refractivity contribution in [2.75, 3.05) is 89.1 Å². The number of aromatic nitrogens is 1. The maximum Gasteiger partial charge on any atom is 0.262 e. The smallest absolute Gasteiger partial charge is 0.262 e. The number of fused-ring (bicyclic) bond motifs is 1. The number of Topliss-reactive ketones (excluding diaryl/α,β-unsaturated/α-hetero) is 2. The number of imide groups is 2. The molecule has 5 amide bonds. The third-order valence-electron chi connectivity index (χ3n) is 13.4. The maximum atomic E-state index is 13.8. The van der Waals surface area contributed by atoms with E-state index in [1.807, 2.05) is 64.2 Å². The molecule has 0 spiro atoms. The second-order valence-corrected chi connectivity index (χ2v) is 19.2. The topological polar surface area (TPSA) is 230 Å². The zero-order chi connectivity index (χ0) is 52.0. The summed E-state index contributed by atoms with van der Waals surface area (Å²) in [5, 5.41) is 16.8. The average molecular weight is 1000 g/mol. The van der Waals surface area contributed by atoms with Crippen LogP contribution < -0.4 is 20.9 Å². The zero-order valence-corrected chi connectivity index (χ0v) is 42.4. The van der Waals surface area contributed by atoms with Crippen molar-refractivity contribution in [3.63, 3.8) is 0 Å². The number of nitrogens with zero attached hydrogens (tertiary/aromatic N) is 4. The summed E-state index contributed by atoms with van der Waals surface area (Å²) in [7, 11) is 0. The summed E-state index contributed by atoms with van der Waals surface area (Å²) in [6, 6.07) is 12.0. The van der Waals surface area contributed by atoms with E-state index < -0.39 is 29.7 Å². The molecule has 1 aliphatic carbocycles. The molecule has 7 rings (SSSR count). The van der Waals surface area contributed by atoms with Gasteiger partial charge in [-0.1, -0.05) is 23.8 Å². The lowest BCUT2D eigenvalue weighted by molar-refractivity contribution is -0.136. The lowest BCUT2D eigenvalue weighted by Gasteiger charge is -2.35. The molecule has 0 bridgehead atoms. The summed E-state index contributed by atoms with van der Waals surface area (Å²) in [6.07, 6.45) is 7.50. The van der Waals surface area contributed by atoms with E-state index in [1.165, 1.54) is 6.21 Å². The number of ketones is 2. The SMILES string of the molecule is CC1=CC(C)=C(CCC(=O)c2cc(-c3ccc(N4CCN(CCNC(=O)CCOCCOCCOCCCc5cccc6c5C(=O)N(C5CCC(=O)NC5=O)C6=O)CC4)nc3)cc(NC(C)C)c2C=N)C(=O)C1. The first-order valence-electron chi connectivity index (χ1n) is 25.4. The van der Waals surface area contributed by atoms with Gasteiger partial charge in [0.1, 0.15) is 11.9 Å². The van der Waals surface area contributed by atoms with Crippen LogP contribution in [0.2, 0.25) is 0 Å². The number of piperidine rings is 1. The molecule has 0 radical (unpaired) electrons. The van der Waals surface area contributed by atoms with E-state index >= 15 is 0 Å². The Hall–Kier alpha value is -6.73. The van der Waals surface area contributed by atoms with E-state index in [4.69, 9.17) is 24.6 Å². The fourth-order valence-corrected chi connectivity index (χ4v) is 9.68. The van der Waals surface area contributed by atoms with Gasteiger partial charge in [0.2, 0.25) is 17.7 Å². The molecule has 18 heteroatoms. The molecule has 3 aromatic rings. The van der Waals surface area contributed by atoms with Gasteiger partial charge in [0.15, 0.2) is 11.6 Å². The van der Waals surface area contributed by atoms with Crippen LogP contribution in [0.25, 0.3) is 11.1 Å². The molecule has 1 aromatic heterocycles. The van der Waals surface area contributed by atoms with Gasteiger partial charge < -0.3 is 35.2 Å². The largest absolute Gasteiger partial charge is 0.382 e. The third kappa shape index (κ3) is 14.1. The Labute approximate surface area is 426 Å². The number of allylic oxidation sites excluding steroid dienone is 4. The number of hydrogen-bond donors (Lipinski definition) is 4. The normalized spacial score (nSPS) is 17.3. The van der Waals surface area contributed by atoms with Crippen molar-refractivity contribution >= 4 is 58.8 Å². The number of nitrogens with one attached hydrogen (secondary N) is 4. The Morgan fingerprint density at radius 2 is 1.62 bits per heavy atom. The van der Waals surface area contributed by atoms with Gasteiger partial charge in [-0.15, -0.1) is 0 Å². The van der Waals surface area contributed by atoms with Crippen molar-refractivity contribution in [1.82, 2.24) is 25.4 Å². The first-order valence-corrected chi connectivity index (χ1v) is 25.4. The fourth-order valence-electron chi connectivity index (χ4n) is 9.68. The first kappa shape index (κ1) is 54.1. The summed E-state index contributed by atoms with van der Waals surface area (Å²) >= 11 is 0. The predicted octanol–water partition coefficient (Wildman–Crippen LogP) is 5.48. The Morgan fingerprint density at radius 3 is 2.30 bits per heavy atom. The van der Waals surface area contributed by atoms with Gasteiger partial charge in [-0.25, -0.2) is 4.98 Å². The molecule has 388 valence electrons. The minimum atomic E-state index is -1.00. The van der Waals surface area contributed by atoms with Gasteiger partial charge in [-0.3, -0.25) is 48.7 Å². The number of pyridine rings is 1. The quantitative estimate of drug-likeness (QED) is 0.0338. The van der Waals surface area contributed by atoms with Crippen LogP contribution in [-0.2, 0) is 39.8 Å². The average Bonchev–Trinajstić information content (AvgIpc) is 3.62. The van der Waals surface area contributed by atoms with Crippen molar-refractivity contribution in [2.24, 2.45) is 0 Å². The van der Waals surface area contributed by atoms with Crippen LogP contribution >= 0.6 is 0 Å². The number of carbonyl (C=O) groups is 7. The number of benzene rings is 2. The van der Waals surface area contributed by atoms with Crippen LogP contribution in [0.4, 0.5) is 11.5 Å². The van der Waals surface area contributed by atoms with E-state index in [2.05, 4.69) is 25.8 Å². The van der Waals surface area contributed by atoms with E-state index in [9.17, 15) is 33.6 Å². The highest BCUT2D eigenvalue weighted by Crippen LogP contribution is 2.33. The summed E-state index contributed by atoms with van der Waals surface area (Å²) < 4.78 is 16.9. The van der Waals surface area contributed by atoms with E-state index in [0.29, 0.717) is 98.8 Å². The lowest BCUT2D eigenvalue weighted by Crippen LogP contribution is -2.54. The highest BCUT2D eigenvalue weighted by Gasteiger charge is 2.45. The lowest BCUT2D eigenvalue weighted by atomic mass is 9.88. The van der Waals surface area contributed by atoms with Crippen molar-refractivity contribution in [3.8, 4) is 11.1 Å². The van der Waals surface area contributed by atoms with Crippen LogP contribution in [0.5, 0.6) is 0 Å². The summed E-state index contributed by atoms with van der Waals surface area (Å²) in [6.45, 7) is 14.5. The highest BCUT2D eigenvalue weighted by atomic mass is 16.5. The zero-order valence-electron chi connectivity index (χ0n) is 42.4. The number of aryl methyl sites for hydroxylation is 1. The van der Waals surface area contributed by atoms with E-state index in [-0.39, 0.29) is 61.4 Å². The summed E-state index contributed by atoms with van der Waals surface area (Å²) in [5.74, 6) is -1.36. The number of amides is 5. The Balaban J connectivity index is 0.743. The van der Waals surface area contributed by atoms with Gasteiger partial charge in [0.05, 0.1) is 44.2 Å². The summed E-state index contributed by atoms with van der Waals surface area (Å²) in [5.41, 5.74) is 7.25. The molecule has 1 unspecified atom stereocenters. The molecule has 4 N–H and O–H groups in total. The molecular formula is C55H68N8O10. The molecule has 2 fully saturated rings. The van der Waals surface area contributed by atoms with E-state index in [0.717, 1.165) is 65.7 Å². The molecular weight excluding hydrogens is 933 g/mol.